The van der Waals surface area contributed by atoms with Gasteiger partial charge in [0.05, 0.1) is 23.1 Å². The molecule has 2 aliphatic rings. The van der Waals surface area contributed by atoms with Gasteiger partial charge in [-0.3, -0.25) is 9.69 Å². The predicted octanol–water partition coefficient (Wildman–Crippen LogP) is 6.80. The van der Waals surface area contributed by atoms with Crippen molar-refractivity contribution in [3.63, 3.8) is 0 Å². The highest BCUT2D eigenvalue weighted by molar-refractivity contribution is 5.83. The van der Waals surface area contributed by atoms with Gasteiger partial charge in [0, 0.05) is 19.5 Å². The maximum atomic E-state index is 13.7. The summed E-state index contributed by atoms with van der Waals surface area (Å²) in [6.45, 7) is 2.19. The first-order chi connectivity index (χ1) is 19.4. The number of carbonyl (C=O) groups excluding carboxylic acids is 1. The van der Waals surface area contributed by atoms with Crippen LogP contribution in [-0.4, -0.2) is 30.5 Å². The van der Waals surface area contributed by atoms with Crippen molar-refractivity contribution in [2.75, 3.05) is 19.7 Å². The van der Waals surface area contributed by atoms with E-state index in [-0.39, 0.29) is 17.5 Å². The van der Waals surface area contributed by atoms with Crippen LogP contribution in [0.15, 0.2) is 66.7 Å². The number of rotatable bonds is 7. The molecule has 10 heteroatoms. The lowest BCUT2D eigenvalue weighted by atomic mass is 9.72. The zero-order chi connectivity index (χ0) is 29.3. The number of hydrogen-bond donors (Lipinski definition) is 1. The summed E-state index contributed by atoms with van der Waals surface area (Å²) in [5, 5.41) is 2.67. The molecule has 0 aliphatic carbocycles. The van der Waals surface area contributed by atoms with Crippen LogP contribution in [0.4, 0.5) is 26.3 Å². The number of fused-ring (bicyclic) bond motifs is 1. The quantitative estimate of drug-likeness (QED) is 0.315. The molecular formula is C31H30F6N2O2. The van der Waals surface area contributed by atoms with Gasteiger partial charge in [-0.15, -0.1) is 0 Å². The molecule has 1 amide bonds. The number of amides is 1. The molecule has 3 aromatic carbocycles. The Morgan fingerprint density at radius 2 is 1.49 bits per heavy atom. The van der Waals surface area contributed by atoms with Crippen LogP contribution in [0.5, 0.6) is 5.75 Å². The third kappa shape index (κ3) is 6.86. The molecule has 41 heavy (non-hydrogen) atoms. The second-order valence-electron chi connectivity index (χ2n) is 10.9. The van der Waals surface area contributed by atoms with Gasteiger partial charge in [0.1, 0.15) is 5.75 Å². The Bertz CT molecular complexity index is 1350. The number of halogens is 6. The summed E-state index contributed by atoms with van der Waals surface area (Å²) in [4.78, 5) is 15.9. The lowest BCUT2D eigenvalue weighted by Crippen LogP contribution is -2.49. The normalized spacial score (nSPS) is 17.1. The average Bonchev–Trinajstić information content (AvgIpc) is 3.40. The molecule has 2 aliphatic heterocycles. The lowest BCUT2D eigenvalue weighted by Gasteiger charge is -2.41. The maximum Gasteiger partial charge on any atom is 0.416 e. The minimum absolute atomic E-state index is 0.0892. The molecular weight excluding hydrogens is 546 g/mol. The highest BCUT2D eigenvalue weighted by Gasteiger charge is 2.42. The van der Waals surface area contributed by atoms with Crippen LogP contribution < -0.4 is 10.1 Å². The Balaban J connectivity index is 1.31. The van der Waals surface area contributed by atoms with E-state index in [2.05, 4.69) is 16.3 Å². The molecule has 1 fully saturated rings. The molecule has 1 N–H and O–H groups in total. The number of nitrogens with zero attached hydrogens (tertiary/aromatic N) is 1. The molecule has 0 bridgehead atoms. The van der Waals surface area contributed by atoms with Crippen molar-refractivity contribution < 1.29 is 35.9 Å². The number of likely N-dealkylation sites (tertiary alicyclic amines) is 1. The van der Waals surface area contributed by atoms with Crippen LogP contribution in [0.3, 0.4) is 0 Å². The Hall–Kier alpha value is -3.53. The summed E-state index contributed by atoms with van der Waals surface area (Å²) in [6.07, 6.45) is -7.61. The molecule has 2 heterocycles. The van der Waals surface area contributed by atoms with E-state index in [4.69, 9.17) is 4.74 Å². The monoisotopic (exact) mass is 576 g/mol. The molecule has 218 valence electrons. The summed E-state index contributed by atoms with van der Waals surface area (Å²) in [6, 6.07) is 17.0. The van der Waals surface area contributed by atoms with Gasteiger partial charge in [-0.2, -0.15) is 26.3 Å². The summed E-state index contributed by atoms with van der Waals surface area (Å²) in [5.41, 5.74) is -0.636. The van der Waals surface area contributed by atoms with Crippen LogP contribution >= 0.6 is 0 Å². The molecule has 0 radical (unpaired) electrons. The van der Waals surface area contributed by atoms with E-state index in [0.717, 1.165) is 23.3 Å². The van der Waals surface area contributed by atoms with Crippen LogP contribution in [0, 0.1) is 5.41 Å². The minimum atomic E-state index is -4.95. The molecule has 1 saturated heterocycles. The maximum absolute atomic E-state index is 13.7. The molecule has 0 aromatic heterocycles. The van der Waals surface area contributed by atoms with Crippen LogP contribution in [-0.2, 0) is 43.1 Å². The molecule has 0 unspecified atom stereocenters. The molecule has 5 rings (SSSR count). The van der Waals surface area contributed by atoms with Gasteiger partial charge in [-0.05, 0) is 78.9 Å². The smallest absolute Gasteiger partial charge is 0.416 e. The second kappa shape index (κ2) is 11.4. The van der Waals surface area contributed by atoms with E-state index in [9.17, 15) is 31.1 Å². The van der Waals surface area contributed by atoms with Crippen molar-refractivity contribution in [1.82, 2.24) is 10.2 Å². The topological polar surface area (TPSA) is 41.6 Å². The van der Waals surface area contributed by atoms with Crippen molar-refractivity contribution >= 4 is 5.91 Å². The Labute approximate surface area is 234 Å². The molecule has 0 spiro atoms. The van der Waals surface area contributed by atoms with E-state index in [1.807, 2.05) is 42.5 Å². The number of hydrogen-bond acceptors (Lipinski definition) is 3. The molecule has 0 saturated carbocycles. The van der Waals surface area contributed by atoms with E-state index in [0.29, 0.717) is 57.6 Å². The van der Waals surface area contributed by atoms with Gasteiger partial charge in [-0.1, -0.05) is 42.5 Å². The highest BCUT2D eigenvalue weighted by Crippen LogP contribution is 2.38. The van der Waals surface area contributed by atoms with E-state index in [1.165, 1.54) is 5.56 Å². The summed E-state index contributed by atoms with van der Waals surface area (Å²) < 4.78 is 85.5. The molecule has 0 atom stereocenters. The summed E-state index contributed by atoms with van der Waals surface area (Å²) in [7, 11) is 0. The fourth-order valence-electron chi connectivity index (χ4n) is 5.70. The van der Waals surface area contributed by atoms with Crippen LogP contribution in [0.2, 0.25) is 0 Å². The third-order valence-corrected chi connectivity index (χ3v) is 7.94. The van der Waals surface area contributed by atoms with Crippen molar-refractivity contribution in [2.24, 2.45) is 5.41 Å². The summed E-state index contributed by atoms with van der Waals surface area (Å²) >= 11 is 0. The Kier molecular flexibility index (Phi) is 8.05. The van der Waals surface area contributed by atoms with Gasteiger partial charge in [-0.25, -0.2) is 0 Å². The van der Waals surface area contributed by atoms with Gasteiger partial charge in [0.15, 0.2) is 0 Å². The Morgan fingerprint density at radius 1 is 0.829 bits per heavy atom. The lowest BCUT2D eigenvalue weighted by molar-refractivity contribution is -0.143. The fourth-order valence-corrected chi connectivity index (χ4v) is 5.70. The standard InChI is InChI=1S/C31H30F6N2O2/c32-30(33,34)25-15-23(16-26(17-25)31(35,36)37)19-38-28(40)29(18-21-4-2-1-3-5-21)9-11-39(12-10-29)20-22-6-7-27-24(14-22)8-13-41-27/h1-7,14-17H,8-13,18-20H2,(H,38,40). The average molecular weight is 577 g/mol. The molecule has 3 aromatic rings. The fraction of sp³-hybridized carbons (Fsp3) is 0.387. The van der Waals surface area contributed by atoms with Crippen LogP contribution in [0.1, 0.15) is 46.2 Å². The van der Waals surface area contributed by atoms with Crippen molar-refractivity contribution in [3.8, 4) is 5.75 Å². The predicted molar refractivity (Wildman–Crippen MR) is 141 cm³/mol. The van der Waals surface area contributed by atoms with Gasteiger partial charge < -0.3 is 10.1 Å². The minimum Gasteiger partial charge on any atom is -0.493 e. The number of carbonyl (C=O) groups is 1. The number of alkyl halides is 6. The van der Waals surface area contributed by atoms with E-state index in [1.54, 1.807) is 0 Å². The van der Waals surface area contributed by atoms with E-state index >= 15 is 0 Å². The molecule has 4 nitrogen and oxygen atoms in total. The first-order valence-electron chi connectivity index (χ1n) is 13.5. The zero-order valence-electron chi connectivity index (χ0n) is 22.2. The first kappa shape index (κ1) is 29.0. The van der Waals surface area contributed by atoms with Gasteiger partial charge in [0.25, 0.3) is 0 Å². The number of benzene rings is 3. The number of piperidine rings is 1. The highest BCUT2D eigenvalue weighted by atomic mass is 19.4. The van der Waals surface area contributed by atoms with E-state index < -0.39 is 35.4 Å². The first-order valence-corrected chi connectivity index (χ1v) is 13.5. The largest absolute Gasteiger partial charge is 0.493 e. The van der Waals surface area contributed by atoms with Gasteiger partial charge in [0.2, 0.25) is 5.91 Å². The van der Waals surface area contributed by atoms with Crippen molar-refractivity contribution in [1.29, 1.82) is 0 Å². The van der Waals surface area contributed by atoms with Gasteiger partial charge >= 0.3 is 12.4 Å². The SMILES string of the molecule is O=C(NCc1cc(C(F)(F)F)cc(C(F)(F)F)c1)C1(Cc2ccccc2)CCN(Cc2ccc3c(c2)CCO3)CC1. The second-order valence-corrected chi connectivity index (χ2v) is 10.9. The van der Waals surface area contributed by atoms with Crippen LogP contribution in [0.25, 0.3) is 0 Å². The van der Waals surface area contributed by atoms with Crippen molar-refractivity contribution in [3.05, 3.63) is 100 Å². The number of ether oxygens (including phenoxy) is 1. The van der Waals surface area contributed by atoms with Crippen molar-refractivity contribution in [2.45, 2.75) is 51.1 Å². The zero-order valence-corrected chi connectivity index (χ0v) is 22.2. The summed E-state index contributed by atoms with van der Waals surface area (Å²) in [5.74, 6) is 0.538. The third-order valence-electron chi connectivity index (χ3n) is 7.94. The Morgan fingerprint density at radius 3 is 2.12 bits per heavy atom. The number of nitrogens with one attached hydrogen (secondary N) is 1.